The van der Waals surface area contributed by atoms with Crippen molar-refractivity contribution in [1.29, 1.82) is 0 Å². The minimum atomic E-state index is -3.89. The molecule has 10 nitrogen and oxygen atoms in total. The minimum absolute atomic E-state index is 0.0670. The van der Waals surface area contributed by atoms with Gasteiger partial charge < -0.3 is 14.5 Å². The molecule has 33 heavy (non-hydrogen) atoms. The minimum Gasteiger partial charge on any atom is -0.377 e. The Bertz CT molecular complexity index is 1280. The molecule has 0 saturated carbocycles. The predicted molar refractivity (Wildman–Crippen MR) is 119 cm³/mol. The molecule has 0 bridgehead atoms. The van der Waals surface area contributed by atoms with Crippen LogP contribution in [0.4, 0.5) is 14.5 Å². The Balaban J connectivity index is 1.63. The van der Waals surface area contributed by atoms with Crippen LogP contribution >= 0.6 is 11.3 Å². The number of hydrogen-bond acceptors (Lipinski definition) is 9. The van der Waals surface area contributed by atoms with Crippen LogP contribution in [0, 0.1) is 0 Å². The van der Waals surface area contributed by atoms with Gasteiger partial charge in [0.2, 0.25) is 15.2 Å². The summed E-state index contributed by atoms with van der Waals surface area (Å²) in [5.74, 6) is 0. The zero-order valence-corrected chi connectivity index (χ0v) is 19.7. The van der Waals surface area contributed by atoms with Gasteiger partial charge in [-0.1, -0.05) is 11.3 Å². The monoisotopic (exact) mass is 499 g/mol. The molecule has 2 aromatic heterocycles. The molecule has 178 valence electrons. The van der Waals surface area contributed by atoms with Gasteiger partial charge in [-0.25, -0.2) is 26.6 Å². The van der Waals surface area contributed by atoms with E-state index in [0.717, 1.165) is 30.1 Å². The largest absolute Gasteiger partial charge is 0.377 e. The van der Waals surface area contributed by atoms with Crippen LogP contribution in [0.1, 0.15) is 18.4 Å². The average molecular weight is 500 g/mol. The first-order valence-electron chi connectivity index (χ1n) is 10.3. The van der Waals surface area contributed by atoms with Crippen molar-refractivity contribution >= 4 is 38.0 Å². The Morgan fingerprint density at radius 2 is 1.91 bits per heavy atom. The smallest absolute Gasteiger partial charge is 0.291 e. The summed E-state index contributed by atoms with van der Waals surface area (Å²) in [6.07, 6.45) is -1.14. The van der Waals surface area contributed by atoms with Gasteiger partial charge in [-0.15, -0.1) is 10.2 Å². The van der Waals surface area contributed by atoms with E-state index in [2.05, 4.69) is 29.8 Å². The molecule has 0 aliphatic carbocycles. The second kappa shape index (κ2) is 8.20. The van der Waals surface area contributed by atoms with Crippen LogP contribution in [0.25, 0.3) is 16.0 Å². The number of nitrogens with one attached hydrogen (secondary N) is 1. The van der Waals surface area contributed by atoms with Gasteiger partial charge in [0.05, 0.1) is 35.4 Å². The standard InChI is InChI=1S/C19H23F2N7O3S2/c1-19(10-31-11-19)25-33(29,30)12-7-14(27-5-3-26(2)4-6-27)13-9-22-28(15(13)8-12)18-24-23-17(32-18)16(20)21/h7-9,16,25H,3-6,10-11H2,1-2H3. The summed E-state index contributed by atoms with van der Waals surface area (Å²) in [6.45, 7) is 5.45. The first-order valence-corrected chi connectivity index (χ1v) is 12.6. The molecule has 0 unspecified atom stereocenters. The average Bonchev–Trinajstić information content (AvgIpc) is 3.39. The molecule has 1 aromatic carbocycles. The van der Waals surface area contributed by atoms with Crippen molar-refractivity contribution in [3.8, 4) is 5.13 Å². The van der Waals surface area contributed by atoms with Crippen LogP contribution in [0.5, 0.6) is 0 Å². The lowest BCUT2D eigenvalue weighted by Crippen LogP contribution is -2.59. The molecule has 4 heterocycles. The topological polar surface area (TPSA) is 105 Å². The van der Waals surface area contributed by atoms with Gasteiger partial charge in [0, 0.05) is 37.3 Å². The van der Waals surface area contributed by atoms with Crippen molar-refractivity contribution in [2.45, 2.75) is 23.8 Å². The van der Waals surface area contributed by atoms with E-state index in [-0.39, 0.29) is 10.0 Å². The second-order valence-electron chi connectivity index (χ2n) is 8.60. The van der Waals surface area contributed by atoms with Crippen molar-refractivity contribution in [3.05, 3.63) is 23.3 Å². The molecule has 0 radical (unpaired) electrons. The first-order chi connectivity index (χ1) is 15.7. The number of likely N-dealkylation sites (N-methyl/N-ethyl adjacent to an activating group) is 1. The maximum atomic E-state index is 13.3. The number of ether oxygens (including phenoxy) is 1. The van der Waals surface area contributed by atoms with Crippen molar-refractivity contribution < 1.29 is 21.9 Å². The number of hydrogen-bond donors (Lipinski definition) is 1. The number of benzene rings is 1. The molecule has 3 aromatic rings. The number of halogens is 2. The first kappa shape index (κ1) is 22.5. The number of alkyl halides is 2. The van der Waals surface area contributed by atoms with Crippen LogP contribution in [0.2, 0.25) is 0 Å². The quantitative estimate of drug-likeness (QED) is 0.546. The zero-order valence-electron chi connectivity index (χ0n) is 18.0. The molecule has 5 rings (SSSR count). The fourth-order valence-corrected chi connectivity index (χ4v) is 6.04. The third-order valence-corrected chi connectivity index (χ3v) is 8.34. The summed E-state index contributed by atoms with van der Waals surface area (Å²) >= 11 is 0.718. The highest BCUT2D eigenvalue weighted by atomic mass is 32.2. The number of aromatic nitrogens is 4. The van der Waals surface area contributed by atoms with Gasteiger partial charge in [-0.3, -0.25) is 0 Å². The third-order valence-electron chi connectivity index (χ3n) is 5.81. The van der Waals surface area contributed by atoms with Crippen LogP contribution in [0.15, 0.2) is 23.2 Å². The van der Waals surface area contributed by atoms with Crippen molar-refractivity contribution in [2.75, 3.05) is 51.3 Å². The van der Waals surface area contributed by atoms with Crippen molar-refractivity contribution in [2.24, 2.45) is 0 Å². The number of piperazine rings is 1. The predicted octanol–water partition coefficient (Wildman–Crippen LogP) is 1.63. The molecule has 0 amide bonds. The van der Waals surface area contributed by atoms with Crippen LogP contribution in [0.3, 0.4) is 0 Å². The molecule has 2 aliphatic rings. The highest BCUT2D eigenvalue weighted by Gasteiger charge is 2.38. The molecule has 0 spiro atoms. The molecule has 0 atom stereocenters. The summed E-state index contributed by atoms with van der Waals surface area (Å²) in [6, 6.07) is 3.14. The third kappa shape index (κ3) is 4.21. The van der Waals surface area contributed by atoms with Gasteiger partial charge in [-0.2, -0.15) is 5.10 Å². The summed E-state index contributed by atoms with van der Waals surface area (Å²) < 4.78 is 62.0. The van der Waals surface area contributed by atoms with E-state index < -0.39 is 27.0 Å². The number of fused-ring (bicyclic) bond motifs is 1. The summed E-state index contributed by atoms with van der Waals surface area (Å²) in [4.78, 5) is 4.38. The van der Waals surface area contributed by atoms with Crippen LogP contribution < -0.4 is 9.62 Å². The van der Waals surface area contributed by atoms with E-state index in [1.807, 2.05) is 7.05 Å². The number of anilines is 1. The van der Waals surface area contributed by atoms with Gasteiger partial charge in [0.25, 0.3) is 6.43 Å². The molecule has 14 heteroatoms. The Kier molecular flexibility index (Phi) is 5.60. The highest BCUT2D eigenvalue weighted by molar-refractivity contribution is 7.89. The van der Waals surface area contributed by atoms with E-state index in [0.29, 0.717) is 37.2 Å². The summed E-state index contributed by atoms with van der Waals surface area (Å²) in [7, 11) is -1.85. The summed E-state index contributed by atoms with van der Waals surface area (Å²) in [5, 5.41) is 12.2. The Labute approximate surface area is 193 Å². The number of sulfonamides is 1. The van der Waals surface area contributed by atoms with E-state index in [4.69, 9.17) is 4.74 Å². The lowest BCUT2D eigenvalue weighted by molar-refractivity contribution is -0.0523. The highest BCUT2D eigenvalue weighted by Crippen LogP contribution is 2.34. The van der Waals surface area contributed by atoms with Crippen LogP contribution in [-0.4, -0.2) is 85.3 Å². The van der Waals surface area contributed by atoms with Crippen LogP contribution in [-0.2, 0) is 14.8 Å². The fraction of sp³-hybridized carbons (Fsp3) is 0.526. The molecular weight excluding hydrogens is 476 g/mol. The zero-order chi connectivity index (χ0) is 23.4. The van der Waals surface area contributed by atoms with Gasteiger partial charge in [-0.05, 0) is 26.1 Å². The second-order valence-corrected chi connectivity index (χ2v) is 11.3. The van der Waals surface area contributed by atoms with E-state index in [1.165, 1.54) is 10.7 Å². The van der Waals surface area contributed by atoms with Crippen molar-refractivity contribution in [1.82, 2.24) is 29.6 Å². The lowest BCUT2D eigenvalue weighted by Gasteiger charge is -2.38. The normalized spacial score (nSPS) is 19.4. The SMILES string of the molecule is CN1CCN(c2cc(S(=O)(=O)NC3(C)COC3)cc3c2cnn3-c2nnc(C(F)F)s2)CC1. The van der Waals surface area contributed by atoms with E-state index >= 15 is 0 Å². The Morgan fingerprint density at radius 1 is 1.18 bits per heavy atom. The van der Waals surface area contributed by atoms with Gasteiger partial charge in [0.1, 0.15) is 0 Å². The molecular formula is C19H23F2N7O3S2. The van der Waals surface area contributed by atoms with E-state index in [1.54, 1.807) is 19.2 Å². The van der Waals surface area contributed by atoms with Gasteiger partial charge in [0.15, 0.2) is 5.01 Å². The molecule has 2 aliphatic heterocycles. The maximum absolute atomic E-state index is 13.3. The fourth-order valence-electron chi connectivity index (χ4n) is 3.95. The lowest BCUT2D eigenvalue weighted by atomic mass is 10.0. The molecule has 1 N–H and O–H groups in total. The van der Waals surface area contributed by atoms with Gasteiger partial charge >= 0.3 is 0 Å². The number of nitrogens with zero attached hydrogens (tertiary/aromatic N) is 6. The maximum Gasteiger partial charge on any atom is 0.291 e. The van der Waals surface area contributed by atoms with Crippen molar-refractivity contribution in [3.63, 3.8) is 0 Å². The number of rotatable bonds is 6. The van der Waals surface area contributed by atoms with E-state index in [9.17, 15) is 17.2 Å². The Morgan fingerprint density at radius 3 is 2.52 bits per heavy atom. The Hall–Kier alpha value is -2.26. The summed E-state index contributed by atoms with van der Waals surface area (Å²) in [5.41, 5.74) is 0.507. The molecule has 2 fully saturated rings. The molecule has 2 saturated heterocycles.